The van der Waals surface area contributed by atoms with Crippen molar-refractivity contribution in [1.29, 1.82) is 0 Å². The molecule has 0 aromatic carbocycles. The molecule has 6 heteroatoms. The van der Waals surface area contributed by atoms with E-state index in [4.69, 9.17) is 4.99 Å². The Labute approximate surface area is 143 Å². The number of nitrogens with zero attached hydrogens (tertiary/aromatic N) is 4. The topological polar surface area (TPSA) is 43.8 Å². The predicted octanol–water partition coefficient (Wildman–Crippen LogP) is 2.34. The Morgan fingerprint density at radius 1 is 1.35 bits per heavy atom. The van der Waals surface area contributed by atoms with E-state index in [0.29, 0.717) is 12.6 Å². The quantitative estimate of drug-likeness (QED) is 0.663. The number of rotatable bonds is 5. The zero-order chi connectivity index (χ0) is 16.1. The van der Waals surface area contributed by atoms with Crippen LogP contribution in [-0.4, -0.2) is 59.5 Å². The maximum atomic E-state index is 4.84. The van der Waals surface area contributed by atoms with Crippen molar-refractivity contribution in [3.05, 3.63) is 16.1 Å². The van der Waals surface area contributed by atoms with Crippen LogP contribution in [-0.2, 0) is 13.0 Å². The lowest BCUT2D eigenvalue weighted by Crippen LogP contribution is -2.42. The van der Waals surface area contributed by atoms with Gasteiger partial charge in [-0.3, -0.25) is 4.90 Å². The number of guanidine groups is 1. The Balaban J connectivity index is 1.60. The summed E-state index contributed by atoms with van der Waals surface area (Å²) in [5.74, 6) is 1.06. The van der Waals surface area contributed by atoms with Crippen LogP contribution in [0.15, 0.2) is 11.2 Å². The van der Waals surface area contributed by atoms with Crippen molar-refractivity contribution in [2.75, 3.05) is 32.7 Å². The average molecular weight is 336 g/mol. The van der Waals surface area contributed by atoms with E-state index in [1.54, 1.807) is 11.3 Å². The summed E-state index contributed by atoms with van der Waals surface area (Å²) in [6.07, 6.45) is 7.05. The highest BCUT2D eigenvalue weighted by atomic mass is 32.1. The Hall–Kier alpha value is -1.14. The van der Waals surface area contributed by atoms with Gasteiger partial charge in [-0.05, 0) is 45.7 Å². The highest BCUT2D eigenvalue weighted by Gasteiger charge is 2.30. The fraction of sp³-hybridized carbons (Fsp3) is 0.765. The molecule has 2 fully saturated rings. The second-order valence-electron chi connectivity index (χ2n) is 6.38. The molecule has 0 amide bonds. The summed E-state index contributed by atoms with van der Waals surface area (Å²) >= 11 is 1.78. The molecule has 2 saturated heterocycles. The zero-order valence-corrected chi connectivity index (χ0v) is 15.2. The zero-order valence-electron chi connectivity index (χ0n) is 14.4. The van der Waals surface area contributed by atoms with Crippen molar-refractivity contribution in [2.45, 2.75) is 52.1 Å². The van der Waals surface area contributed by atoms with E-state index in [1.165, 1.54) is 37.2 Å². The molecule has 3 heterocycles. The summed E-state index contributed by atoms with van der Waals surface area (Å²) in [5, 5.41) is 4.58. The van der Waals surface area contributed by atoms with Crippen LogP contribution in [0.4, 0.5) is 0 Å². The monoisotopic (exact) mass is 335 g/mol. The third kappa shape index (κ3) is 4.23. The first-order valence-electron chi connectivity index (χ1n) is 9.01. The summed E-state index contributed by atoms with van der Waals surface area (Å²) in [7, 11) is 0. The third-order valence-electron chi connectivity index (χ3n) is 4.77. The number of nitrogens with one attached hydrogen (secondary N) is 1. The first-order chi connectivity index (χ1) is 11.3. The molecule has 1 atom stereocenters. The minimum absolute atomic E-state index is 0.692. The molecular weight excluding hydrogens is 306 g/mol. The molecule has 23 heavy (non-hydrogen) atoms. The Morgan fingerprint density at radius 3 is 2.87 bits per heavy atom. The van der Waals surface area contributed by atoms with Crippen LogP contribution in [0, 0.1) is 0 Å². The molecule has 0 aliphatic carbocycles. The minimum Gasteiger partial charge on any atom is -0.357 e. The minimum atomic E-state index is 0.692. The molecule has 3 rings (SSSR count). The van der Waals surface area contributed by atoms with Crippen LogP contribution in [0.1, 0.15) is 43.0 Å². The third-order valence-corrected chi connectivity index (χ3v) is 5.90. The van der Waals surface area contributed by atoms with Crippen LogP contribution in [0.5, 0.6) is 0 Å². The van der Waals surface area contributed by atoms with Gasteiger partial charge in [0.2, 0.25) is 0 Å². The normalized spacial score (nSPS) is 23.0. The van der Waals surface area contributed by atoms with E-state index in [0.717, 1.165) is 37.0 Å². The van der Waals surface area contributed by atoms with Crippen molar-refractivity contribution in [3.63, 3.8) is 0 Å². The molecule has 0 saturated carbocycles. The fourth-order valence-corrected chi connectivity index (χ4v) is 4.28. The molecule has 128 valence electrons. The number of aromatic nitrogens is 1. The van der Waals surface area contributed by atoms with E-state index in [9.17, 15) is 0 Å². The highest BCUT2D eigenvalue weighted by Crippen LogP contribution is 2.21. The van der Waals surface area contributed by atoms with Crippen molar-refractivity contribution in [2.24, 2.45) is 4.99 Å². The fourth-order valence-electron chi connectivity index (χ4n) is 3.49. The molecule has 2 aliphatic rings. The largest absolute Gasteiger partial charge is 0.357 e. The van der Waals surface area contributed by atoms with Gasteiger partial charge >= 0.3 is 0 Å². The first-order valence-corrected chi connectivity index (χ1v) is 9.82. The molecule has 0 spiro atoms. The van der Waals surface area contributed by atoms with Gasteiger partial charge in [0, 0.05) is 36.8 Å². The van der Waals surface area contributed by atoms with Gasteiger partial charge in [0.15, 0.2) is 5.96 Å². The molecule has 5 nitrogen and oxygen atoms in total. The first kappa shape index (κ1) is 16.7. The van der Waals surface area contributed by atoms with Crippen LogP contribution < -0.4 is 5.32 Å². The highest BCUT2D eigenvalue weighted by molar-refractivity contribution is 7.11. The van der Waals surface area contributed by atoms with Crippen molar-refractivity contribution in [1.82, 2.24) is 20.1 Å². The molecule has 1 aromatic rings. The van der Waals surface area contributed by atoms with E-state index in [-0.39, 0.29) is 0 Å². The Bertz CT molecular complexity index is 521. The molecule has 1 aromatic heterocycles. The summed E-state index contributed by atoms with van der Waals surface area (Å²) < 4.78 is 0. The Kier molecular flexibility index (Phi) is 5.89. The van der Waals surface area contributed by atoms with Gasteiger partial charge in [-0.1, -0.05) is 6.92 Å². The van der Waals surface area contributed by atoms with E-state index in [1.807, 2.05) is 6.20 Å². The lowest BCUT2D eigenvalue weighted by atomic mass is 10.2. The van der Waals surface area contributed by atoms with Crippen molar-refractivity contribution < 1.29 is 0 Å². The standard InChI is InChI=1S/C17H29N5S/c1-3-15-11-19-16(23-15)12-20-17(18-4-2)22-10-7-14(13-22)21-8-5-6-9-21/h11,14H,3-10,12-13H2,1-2H3,(H,18,20). The van der Waals surface area contributed by atoms with Gasteiger partial charge in [-0.2, -0.15) is 0 Å². The molecular formula is C17H29N5S. The van der Waals surface area contributed by atoms with Gasteiger partial charge in [0.25, 0.3) is 0 Å². The maximum Gasteiger partial charge on any atom is 0.194 e. The Morgan fingerprint density at radius 2 is 2.17 bits per heavy atom. The number of hydrogen-bond donors (Lipinski definition) is 1. The molecule has 1 unspecified atom stereocenters. The van der Waals surface area contributed by atoms with Gasteiger partial charge in [-0.15, -0.1) is 11.3 Å². The number of aliphatic imine (C=N–C) groups is 1. The lowest BCUT2D eigenvalue weighted by molar-refractivity contribution is 0.249. The van der Waals surface area contributed by atoms with E-state index in [2.05, 4.69) is 33.9 Å². The number of thiazole rings is 1. The molecule has 0 bridgehead atoms. The van der Waals surface area contributed by atoms with Gasteiger partial charge in [0.05, 0.1) is 6.54 Å². The average Bonchev–Trinajstić information content (AvgIpc) is 3.32. The van der Waals surface area contributed by atoms with Gasteiger partial charge in [0.1, 0.15) is 5.01 Å². The summed E-state index contributed by atoms with van der Waals surface area (Å²) in [6.45, 7) is 10.7. The number of aryl methyl sites for hydroxylation is 1. The predicted molar refractivity (Wildman–Crippen MR) is 97.1 cm³/mol. The second kappa shape index (κ2) is 8.11. The molecule has 2 aliphatic heterocycles. The van der Waals surface area contributed by atoms with Gasteiger partial charge in [-0.25, -0.2) is 9.98 Å². The van der Waals surface area contributed by atoms with Crippen LogP contribution in [0.2, 0.25) is 0 Å². The smallest absolute Gasteiger partial charge is 0.194 e. The van der Waals surface area contributed by atoms with Crippen molar-refractivity contribution in [3.8, 4) is 0 Å². The summed E-state index contributed by atoms with van der Waals surface area (Å²) in [6, 6.07) is 0.716. The summed E-state index contributed by atoms with van der Waals surface area (Å²) in [5.41, 5.74) is 0. The van der Waals surface area contributed by atoms with E-state index >= 15 is 0 Å². The van der Waals surface area contributed by atoms with E-state index < -0.39 is 0 Å². The molecule has 0 radical (unpaired) electrons. The summed E-state index contributed by atoms with van der Waals surface area (Å²) in [4.78, 5) is 15.8. The van der Waals surface area contributed by atoms with Crippen LogP contribution in [0.3, 0.4) is 0 Å². The lowest BCUT2D eigenvalue weighted by Gasteiger charge is -2.25. The number of likely N-dealkylation sites (tertiary alicyclic amines) is 2. The molecule has 1 N–H and O–H groups in total. The van der Waals surface area contributed by atoms with Crippen LogP contribution >= 0.6 is 11.3 Å². The van der Waals surface area contributed by atoms with Crippen molar-refractivity contribution >= 4 is 17.3 Å². The SMILES string of the molecule is CCNC(=NCc1ncc(CC)s1)N1CCC(N2CCCC2)C1. The second-order valence-corrected chi connectivity index (χ2v) is 7.58. The maximum absolute atomic E-state index is 4.84. The van der Waals surface area contributed by atoms with Gasteiger partial charge < -0.3 is 10.2 Å². The number of hydrogen-bond acceptors (Lipinski definition) is 4. The van der Waals surface area contributed by atoms with Crippen LogP contribution in [0.25, 0.3) is 0 Å².